The molecule has 3 N–H and O–H groups in total. The molecule has 0 saturated heterocycles. The molecule has 1 heterocycles. The number of nitrogens with two attached hydrogens (primary N) is 1. The van der Waals surface area contributed by atoms with Gasteiger partial charge in [-0.15, -0.1) is 11.3 Å². The highest BCUT2D eigenvalue weighted by Crippen LogP contribution is 2.46. The molecule has 1 aromatic carbocycles. The zero-order chi connectivity index (χ0) is 16.7. The summed E-state index contributed by atoms with van der Waals surface area (Å²) in [7, 11) is 0. The molecule has 0 bridgehead atoms. The topological polar surface area (TPSA) is 76.2 Å². The minimum atomic E-state index is -5.94. The first kappa shape index (κ1) is 16.1. The third-order valence-corrected chi connectivity index (χ3v) is 3.72. The summed E-state index contributed by atoms with van der Waals surface area (Å²) in [5, 5.41) is 8.58. The van der Waals surface area contributed by atoms with E-state index in [4.69, 9.17) is 10.8 Å². The molecule has 0 amide bonds. The molecule has 0 fully saturated rings. The SMILES string of the molecule is Nc1ccc(-c2nc(C(F)(F)C(F)(F)F)c(C(=O)O)s2)cc1. The van der Waals surface area contributed by atoms with Crippen molar-refractivity contribution in [1.29, 1.82) is 0 Å². The van der Waals surface area contributed by atoms with Crippen LogP contribution in [0.4, 0.5) is 27.6 Å². The van der Waals surface area contributed by atoms with Crippen LogP contribution in [-0.2, 0) is 5.92 Å². The molecule has 2 aromatic rings. The van der Waals surface area contributed by atoms with E-state index >= 15 is 0 Å². The van der Waals surface area contributed by atoms with Crippen molar-refractivity contribution in [2.24, 2.45) is 0 Å². The van der Waals surface area contributed by atoms with Crippen molar-refractivity contribution in [1.82, 2.24) is 4.98 Å². The van der Waals surface area contributed by atoms with Gasteiger partial charge in [0.1, 0.15) is 15.6 Å². The summed E-state index contributed by atoms with van der Waals surface area (Å²) in [5.74, 6) is -7.26. The van der Waals surface area contributed by atoms with Crippen LogP contribution in [-0.4, -0.2) is 22.2 Å². The summed E-state index contributed by atoms with van der Waals surface area (Å²) >= 11 is 0.238. The number of hydrogen-bond donors (Lipinski definition) is 2. The third-order valence-electron chi connectivity index (χ3n) is 2.63. The number of benzene rings is 1. The summed E-state index contributed by atoms with van der Waals surface area (Å²) in [6, 6.07) is 5.46. The Morgan fingerprint density at radius 3 is 2.14 bits per heavy atom. The molecule has 0 radical (unpaired) electrons. The average molecular weight is 338 g/mol. The number of hydrogen-bond acceptors (Lipinski definition) is 4. The van der Waals surface area contributed by atoms with Crippen molar-refractivity contribution < 1.29 is 31.9 Å². The van der Waals surface area contributed by atoms with Crippen LogP contribution in [0, 0.1) is 0 Å². The van der Waals surface area contributed by atoms with Gasteiger partial charge in [0.15, 0.2) is 0 Å². The summed E-state index contributed by atoms with van der Waals surface area (Å²) in [6.45, 7) is 0. The molecule has 0 atom stereocenters. The highest BCUT2D eigenvalue weighted by atomic mass is 32.1. The number of carboxylic acid groups (broad SMARTS) is 1. The van der Waals surface area contributed by atoms with E-state index in [-0.39, 0.29) is 21.9 Å². The highest BCUT2D eigenvalue weighted by Gasteiger charge is 2.62. The Morgan fingerprint density at radius 1 is 1.14 bits per heavy atom. The van der Waals surface area contributed by atoms with E-state index in [2.05, 4.69) is 4.98 Å². The largest absolute Gasteiger partial charge is 0.477 e. The van der Waals surface area contributed by atoms with E-state index in [1.165, 1.54) is 24.3 Å². The van der Waals surface area contributed by atoms with Crippen LogP contribution < -0.4 is 5.73 Å². The smallest absolute Gasteiger partial charge is 0.459 e. The van der Waals surface area contributed by atoms with Gasteiger partial charge in [0.2, 0.25) is 0 Å². The van der Waals surface area contributed by atoms with Crippen molar-refractivity contribution in [3.8, 4) is 10.6 Å². The Bertz CT molecular complexity index is 709. The lowest BCUT2D eigenvalue weighted by Crippen LogP contribution is -2.35. The van der Waals surface area contributed by atoms with Gasteiger partial charge < -0.3 is 10.8 Å². The molecule has 2 rings (SSSR count). The molecule has 0 unspecified atom stereocenters. The Kier molecular flexibility index (Phi) is 3.81. The molecule has 0 spiro atoms. The summed E-state index contributed by atoms with van der Waals surface area (Å²) in [4.78, 5) is 13.0. The fourth-order valence-corrected chi connectivity index (χ4v) is 2.50. The standard InChI is InChI=1S/C12H7F5N2O2S/c13-11(14,12(15,16)17)8-7(10(20)21)22-9(19-8)5-1-3-6(18)4-2-5/h1-4H,18H2,(H,20,21). The number of rotatable bonds is 3. The zero-order valence-corrected chi connectivity index (χ0v) is 11.3. The predicted molar refractivity (Wildman–Crippen MR) is 68.9 cm³/mol. The Hall–Kier alpha value is -2.23. The molecule has 22 heavy (non-hydrogen) atoms. The fourth-order valence-electron chi connectivity index (χ4n) is 1.56. The maximum Gasteiger partial charge on any atom is 0.459 e. The molecular formula is C12H7F5N2O2S. The van der Waals surface area contributed by atoms with Crippen LogP contribution in [0.2, 0.25) is 0 Å². The fraction of sp³-hybridized carbons (Fsp3) is 0.167. The van der Waals surface area contributed by atoms with Crippen LogP contribution in [0.1, 0.15) is 15.4 Å². The number of carbonyl (C=O) groups is 1. The molecule has 0 aliphatic heterocycles. The number of nitrogen functional groups attached to an aromatic ring is 1. The predicted octanol–water partition coefficient (Wildman–Crippen LogP) is 3.74. The van der Waals surface area contributed by atoms with Crippen molar-refractivity contribution in [2.45, 2.75) is 12.1 Å². The lowest BCUT2D eigenvalue weighted by molar-refractivity contribution is -0.290. The third kappa shape index (κ3) is 2.73. The summed E-state index contributed by atoms with van der Waals surface area (Å²) in [6.07, 6.45) is -5.94. The quantitative estimate of drug-likeness (QED) is 0.660. The van der Waals surface area contributed by atoms with Gasteiger partial charge in [-0.05, 0) is 24.3 Å². The van der Waals surface area contributed by atoms with E-state index in [1.54, 1.807) is 0 Å². The number of alkyl halides is 5. The Balaban J connectivity index is 2.61. The molecule has 0 saturated carbocycles. The second kappa shape index (κ2) is 5.20. The lowest BCUT2D eigenvalue weighted by Gasteiger charge is -2.17. The van der Waals surface area contributed by atoms with E-state index in [0.29, 0.717) is 5.69 Å². The molecule has 0 aliphatic rings. The highest BCUT2D eigenvalue weighted by molar-refractivity contribution is 7.17. The zero-order valence-electron chi connectivity index (χ0n) is 10.5. The normalized spacial score (nSPS) is 12.4. The van der Waals surface area contributed by atoms with Gasteiger partial charge in [-0.1, -0.05) is 0 Å². The maximum atomic E-state index is 13.4. The summed E-state index contributed by atoms with van der Waals surface area (Å²) in [5.41, 5.74) is 4.15. The minimum absolute atomic E-state index is 0.186. The molecule has 0 aliphatic carbocycles. The molecule has 10 heteroatoms. The van der Waals surface area contributed by atoms with Gasteiger partial charge in [-0.25, -0.2) is 9.78 Å². The lowest BCUT2D eigenvalue weighted by atomic mass is 10.2. The first-order valence-corrected chi connectivity index (χ1v) is 6.40. The van der Waals surface area contributed by atoms with Crippen molar-refractivity contribution in [3.05, 3.63) is 34.8 Å². The second-order valence-corrected chi connectivity index (χ2v) is 5.20. The monoisotopic (exact) mass is 338 g/mol. The van der Waals surface area contributed by atoms with Crippen molar-refractivity contribution in [3.63, 3.8) is 0 Å². The van der Waals surface area contributed by atoms with Gasteiger partial charge >= 0.3 is 18.1 Å². The summed E-state index contributed by atoms with van der Waals surface area (Å²) < 4.78 is 64.1. The average Bonchev–Trinajstić information content (AvgIpc) is 2.84. The van der Waals surface area contributed by atoms with E-state index in [1.807, 2.05) is 0 Å². The van der Waals surface area contributed by atoms with Crippen LogP contribution in [0.15, 0.2) is 24.3 Å². The number of aromatic carboxylic acids is 1. The second-order valence-electron chi connectivity index (χ2n) is 4.20. The van der Waals surface area contributed by atoms with Crippen LogP contribution in [0.5, 0.6) is 0 Å². The first-order valence-electron chi connectivity index (χ1n) is 5.59. The maximum absolute atomic E-state index is 13.4. The number of nitrogens with zero attached hydrogens (tertiary/aromatic N) is 1. The van der Waals surface area contributed by atoms with Crippen molar-refractivity contribution >= 4 is 23.0 Å². The number of anilines is 1. The number of halogens is 5. The van der Waals surface area contributed by atoms with Gasteiger partial charge in [-0.2, -0.15) is 22.0 Å². The van der Waals surface area contributed by atoms with E-state index < -0.39 is 28.6 Å². The molecule has 118 valence electrons. The van der Waals surface area contributed by atoms with Gasteiger partial charge in [0.05, 0.1) is 0 Å². The Morgan fingerprint density at radius 2 is 1.68 bits per heavy atom. The van der Waals surface area contributed by atoms with Crippen LogP contribution in [0.25, 0.3) is 10.6 Å². The molecule has 1 aromatic heterocycles. The van der Waals surface area contributed by atoms with Gasteiger partial charge in [0, 0.05) is 11.3 Å². The number of carboxylic acids is 1. The minimum Gasteiger partial charge on any atom is -0.477 e. The first-order chi connectivity index (χ1) is 10.0. The van der Waals surface area contributed by atoms with E-state index in [0.717, 1.165) is 0 Å². The number of aromatic nitrogens is 1. The Labute approximate surface area is 124 Å². The van der Waals surface area contributed by atoms with Crippen LogP contribution in [0.3, 0.4) is 0 Å². The van der Waals surface area contributed by atoms with Gasteiger partial charge in [0.25, 0.3) is 0 Å². The number of thiazole rings is 1. The van der Waals surface area contributed by atoms with Crippen molar-refractivity contribution in [2.75, 3.05) is 5.73 Å². The van der Waals surface area contributed by atoms with E-state index in [9.17, 15) is 26.7 Å². The molecule has 4 nitrogen and oxygen atoms in total. The van der Waals surface area contributed by atoms with Crippen LogP contribution >= 0.6 is 11.3 Å². The van der Waals surface area contributed by atoms with Gasteiger partial charge in [-0.3, -0.25) is 0 Å². The molecular weight excluding hydrogens is 331 g/mol.